The fourth-order valence-electron chi connectivity index (χ4n) is 24.0. The van der Waals surface area contributed by atoms with Gasteiger partial charge in [-0.05, 0) is 241 Å². The second-order valence-electron chi connectivity index (χ2n) is 38.1. The van der Waals surface area contributed by atoms with Gasteiger partial charge in [-0.2, -0.15) is 0 Å². The van der Waals surface area contributed by atoms with Gasteiger partial charge in [0.2, 0.25) is 0 Å². The minimum atomic E-state index is -1.88. The molecule has 8 aliphatic rings. The number of benzene rings is 14. The maximum Gasteiger partial charge on any atom is 0.179 e. The minimum absolute atomic E-state index is 0. The van der Waals surface area contributed by atoms with Gasteiger partial charge in [-0.15, -0.1) is 22.7 Å². The first-order chi connectivity index (χ1) is 68.3. The van der Waals surface area contributed by atoms with Crippen molar-refractivity contribution in [3.05, 3.63) is 494 Å². The van der Waals surface area contributed by atoms with Crippen molar-refractivity contribution >= 4 is 130 Å². The number of unbranched alkanes of at least 4 members (excludes halogenated alkanes) is 1. The zero-order chi connectivity index (χ0) is 92.9. The minimum Gasteiger partial charge on any atom is -0.488 e. The Morgan fingerprint density at radius 3 is 1.23 bits per heavy atom. The molecule has 14 aromatic carbocycles. The Morgan fingerprint density at radius 1 is 0.352 bits per heavy atom. The van der Waals surface area contributed by atoms with Crippen LogP contribution >= 0.6 is 87.3 Å². The van der Waals surface area contributed by atoms with Crippen molar-refractivity contribution in [1.29, 1.82) is 0 Å². The van der Waals surface area contributed by atoms with E-state index in [1.165, 1.54) is 138 Å². The van der Waals surface area contributed by atoms with E-state index in [1.54, 1.807) is 68.0 Å². The van der Waals surface area contributed by atoms with Crippen LogP contribution in [0.5, 0.6) is 5.75 Å². The van der Waals surface area contributed by atoms with Crippen molar-refractivity contribution in [3.8, 4) is 5.75 Å². The van der Waals surface area contributed by atoms with Gasteiger partial charge in [-0.1, -0.05) is 347 Å². The average Bonchev–Trinajstić information content (AvgIpc) is 1.62. The number of aryl methyl sites for hydroxylation is 2. The summed E-state index contributed by atoms with van der Waals surface area (Å²) in [7, 11) is -8.91. The van der Waals surface area contributed by atoms with Gasteiger partial charge >= 0.3 is 0 Å². The zero-order valence-corrected chi connectivity index (χ0v) is 95.2. The maximum absolute atomic E-state index is 15.6. The van der Waals surface area contributed by atoms with Gasteiger partial charge in [0.05, 0.1) is 19.6 Å². The number of hydrogen-bond donors (Lipinski definition) is 0. The Bertz CT molecular complexity index is 6380. The quantitative estimate of drug-likeness (QED) is 0.0667. The SMILES string of the molecule is CCCCN([PH+](c1ccsc1)c1ccsc1)[PH+]1[C@@H](c2ccccc2)CC[C@@H]1c1ccccc1.Fc1ccccc1[PH+](c1ccccc1F)N1CCc2ccccc2[C@@H]2CC[C@@H](c3ccc4c(c3)CCCC4)[PH+]21.[Cr].[Cr].[Cr].[Cr].c1ccc([C@H]2CC[C@H](c3ccccc3)[PH+]2N2CCOc3ccccc3[PH+]2c2ccccc2)cc1.c1ccc([C@H]2CC[C@H](c3ccccc3)[PH+]2N2Cc3ccccc3[PH+]2c2ccccc2)cc1. The summed E-state index contributed by atoms with van der Waals surface area (Å²) < 4.78 is 49.4. The van der Waals surface area contributed by atoms with E-state index in [0.717, 1.165) is 51.3 Å². The van der Waals surface area contributed by atoms with E-state index in [-0.39, 0.29) is 81.1 Å². The molecule has 9 heterocycles. The van der Waals surface area contributed by atoms with Gasteiger partial charge in [0.15, 0.2) is 65.6 Å². The standard InChI is InChI=1S/C34H33F2NP2.C30H29NOP2.C29H27NP2.C28H31NP2S2.4Cr/c35-29-13-5-7-15-33(29)39(34-16-8-6-14-30(34)36)37-22-21-25-10-3-4-12-28(25)32-20-19-31(38(32)37)27-18-17-24-9-1-2-11-26(24)23-27;1-4-12-24(13-5-1)28-20-21-29(25-14-6-2-7-15-25)34(28)31-22-23-32-27-18-10-11-19-30(27)33(31)26-16-8-3-9-17-26;1-4-12-23(13-5-1)28-20-21-29(24-14-6-2-7-15-24)32(28)30-22-25-16-10-11-19-27(25)31(30)26-17-8-3-9-18-26;1-2-3-18-29(30(25-16-19-32-21-25)26-17-20-33-22-26)31-27(23-10-6-4-7-11-23)14-15-28(31)24-12-8-5-9-13-24;;;;/h3-8,10,12-18,23,31-32H,1-2,9,11,19-22H2;1-19,28-29H,20-23H2;1-19,28-29H,20-22H2;4-13,16-17,19-22,27-28H,2-3,14-15,18H2,1H3;;;;/p+8/t31-,32-,38?;28-,29-,33?;28-,29-,31?;27-,28-;;;;/m0111..../s1. The molecule has 21 heteroatoms. The van der Waals surface area contributed by atoms with Gasteiger partial charge < -0.3 is 4.74 Å². The van der Waals surface area contributed by atoms with E-state index < -0.39 is 64.6 Å². The molecule has 0 N–H and O–H groups in total. The van der Waals surface area contributed by atoms with Crippen LogP contribution in [0.4, 0.5) is 8.78 Å². The third kappa shape index (κ3) is 23.9. The average molecular weight is 2210 g/mol. The van der Waals surface area contributed by atoms with Gasteiger partial charge in [0.25, 0.3) is 0 Å². The molecule has 142 heavy (non-hydrogen) atoms. The monoisotopic (exact) mass is 2210 g/mol. The second kappa shape index (κ2) is 52.1. The number of fused-ring (bicyclic) bond motifs is 6. The van der Waals surface area contributed by atoms with E-state index in [2.05, 4.69) is 392 Å². The Morgan fingerprint density at radius 2 is 0.746 bits per heavy atom. The molecular formula is C121H128Cr4F2N4OP8S2+8. The van der Waals surface area contributed by atoms with Gasteiger partial charge in [-0.3, -0.25) is 0 Å². The summed E-state index contributed by atoms with van der Waals surface area (Å²) in [6.45, 7) is 7.28. The van der Waals surface area contributed by atoms with Crippen LogP contribution in [0, 0.1) is 11.6 Å². The van der Waals surface area contributed by atoms with Crippen LogP contribution in [0.15, 0.2) is 416 Å². The molecular weight excluding hydrogens is 2080 g/mol. The van der Waals surface area contributed by atoms with Crippen molar-refractivity contribution in [2.45, 2.75) is 155 Å². The van der Waals surface area contributed by atoms with Gasteiger partial charge in [-0.25, -0.2) is 8.78 Å². The predicted octanol–water partition coefficient (Wildman–Crippen LogP) is 30.4. The molecule has 0 spiro atoms. The molecule has 0 saturated carbocycles. The van der Waals surface area contributed by atoms with Crippen molar-refractivity contribution in [2.24, 2.45) is 0 Å². The summed E-state index contributed by atoms with van der Waals surface area (Å²) in [5.41, 5.74) is 23.0. The van der Waals surface area contributed by atoms with E-state index >= 15 is 8.78 Å². The smallest absolute Gasteiger partial charge is 0.179 e. The van der Waals surface area contributed by atoms with Crippen molar-refractivity contribution in [1.82, 2.24) is 17.8 Å². The first-order valence-electron chi connectivity index (χ1n) is 50.4. The summed E-state index contributed by atoms with van der Waals surface area (Å²) in [5, 5.41) is 19.9. The number of ether oxygens (including phenoxy) is 1. The number of halogens is 2. The number of thiophene rings is 2. The zero-order valence-electron chi connectivity index (χ0n) is 80.5. The molecule has 4 fully saturated rings. The number of rotatable bonds is 21. The van der Waals surface area contributed by atoms with Crippen molar-refractivity contribution < 1.29 is 83.0 Å². The normalized spacial score (nSPS) is 21.4. The van der Waals surface area contributed by atoms with Crippen LogP contribution in [-0.4, -0.2) is 44.0 Å². The van der Waals surface area contributed by atoms with Gasteiger partial charge in [0, 0.05) is 85.8 Å². The van der Waals surface area contributed by atoms with E-state index in [0.29, 0.717) is 55.9 Å². The van der Waals surface area contributed by atoms with Crippen molar-refractivity contribution in [3.63, 3.8) is 0 Å². The third-order valence-electron chi connectivity index (χ3n) is 30.2. The molecule has 3 unspecified atom stereocenters. The molecule has 7 aliphatic heterocycles. The second-order valence-corrected chi connectivity index (χ2v) is 62.0. The molecule has 0 amide bonds. The summed E-state index contributed by atoms with van der Waals surface area (Å²) in [6.07, 6.45) is 18.4. The molecule has 720 valence electrons. The summed E-state index contributed by atoms with van der Waals surface area (Å²) in [6, 6.07) is 144. The molecule has 16 aromatic rings. The van der Waals surface area contributed by atoms with Crippen molar-refractivity contribution in [2.75, 3.05) is 26.2 Å². The Labute approximate surface area is 903 Å². The summed E-state index contributed by atoms with van der Waals surface area (Å²) in [4.78, 5) is 0. The van der Waals surface area contributed by atoms with Crippen LogP contribution in [0.3, 0.4) is 0 Å². The van der Waals surface area contributed by atoms with Crippen LogP contribution in [0.25, 0.3) is 0 Å². The fourth-order valence-corrected chi connectivity index (χ4v) is 61.0. The van der Waals surface area contributed by atoms with Crippen LogP contribution in [0.2, 0.25) is 0 Å². The Hall–Kier alpha value is -6.45. The predicted molar refractivity (Wildman–Crippen MR) is 608 cm³/mol. The third-order valence-corrected chi connectivity index (χ3v) is 61.9. The number of hydrogen-bond acceptors (Lipinski definition) is 7. The molecule has 2 aromatic heterocycles. The fraction of sp³-hybridized carbons (Fsp3) is 0.240. The molecule has 5 nitrogen and oxygen atoms in total. The maximum atomic E-state index is 15.6. The molecule has 11 atom stereocenters. The molecule has 0 radical (unpaired) electrons. The number of nitrogens with zero attached hydrogens (tertiary/aromatic N) is 4. The largest absolute Gasteiger partial charge is 0.488 e. The van der Waals surface area contributed by atoms with E-state index in [9.17, 15) is 0 Å². The molecule has 1 aliphatic carbocycles. The first-order valence-corrected chi connectivity index (χ1v) is 64.4. The Kier molecular flexibility index (Phi) is 39.2. The van der Waals surface area contributed by atoms with Crippen LogP contribution in [-0.2, 0) is 95.3 Å². The number of para-hydroxylation sites is 1. The summed E-state index contributed by atoms with van der Waals surface area (Å²) >= 11 is 3.71. The molecule has 24 rings (SSSR count). The molecule has 4 saturated heterocycles. The van der Waals surface area contributed by atoms with E-state index in [1.807, 2.05) is 46.9 Å². The summed E-state index contributed by atoms with van der Waals surface area (Å²) in [5.74, 6) is 0.661. The molecule has 0 bridgehead atoms. The van der Waals surface area contributed by atoms with E-state index in [4.69, 9.17) is 4.74 Å². The Balaban J connectivity index is 0.000000129. The topological polar surface area (TPSA) is 22.2 Å². The van der Waals surface area contributed by atoms with Crippen LogP contribution < -0.4 is 47.2 Å². The first kappa shape index (κ1) is 107. The van der Waals surface area contributed by atoms with Crippen LogP contribution in [0.1, 0.15) is 196 Å². The van der Waals surface area contributed by atoms with Gasteiger partial charge in [0.1, 0.15) is 117 Å².